The molecular formula is C12H14N2O3. The van der Waals surface area contributed by atoms with Crippen molar-refractivity contribution < 1.29 is 14.4 Å². The Balaban J connectivity index is 2.76. The van der Waals surface area contributed by atoms with Gasteiger partial charge in [0.25, 0.3) is 0 Å². The SMILES string of the molecule is COc1cc(C)c(C)c(-c2cnoc2N)c1O. The van der Waals surface area contributed by atoms with Crippen LogP contribution >= 0.6 is 0 Å². The van der Waals surface area contributed by atoms with Crippen LogP contribution in [0.1, 0.15) is 11.1 Å². The number of ether oxygens (including phenoxy) is 1. The molecule has 0 unspecified atom stereocenters. The van der Waals surface area contributed by atoms with Crippen molar-refractivity contribution in [1.82, 2.24) is 5.16 Å². The minimum Gasteiger partial charge on any atom is -0.504 e. The highest BCUT2D eigenvalue weighted by Crippen LogP contribution is 2.42. The highest BCUT2D eigenvalue weighted by atomic mass is 16.5. The van der Waals surface area contributed by atoms with Crippen molar-refractivity contribution in [3.63, 3.8) is 0 Å². The molecule has 1 aromatic carbocycles. The number of methoxy groups -OCH3 is 1. The Labute approximate surface area is 98.8 Å². The lowest BCUT2D eigenvalue weighted by Gasteiger charge is -2.13. The maximum atomic E-state index is 10.1. The molecule has 17 heavy (non-hydrogen) atoms. The van der Waals surface area contributed by atoms with Gasteiger partial charge in [0, 0.05) is 5.56 Å². The summed E-state index contributed by atoms with van der Waals surface area (Å²) in [7, 11) is 1.50. The number of rotatable bonds is 2. The Kier molecular flexibility index (Phi) is 2.67. The van der Waals surface area contributed by atoms with Gasteiger partial charge in [0.05, 0.1) is 18.9 Å². The number of nitrogens with two attached hydrogens (primary N) is 1. The third kappa shape index (κ3) is 1.69. The van der Waals surface area contributed by atoms with E-state index in [9.17, 15) is 5.11 Å². The number of aryl methyl sites for hydroxylation is 1. The summed E-state index contributed by atoms with van der Waals surface area (Å²) in [5, 5.41) is 13.8. The third-order valence-corrected chi connectivity index (χ3v) is 2.87. The van der Waals surface area contributed by atoms with Gasteiger partial charge in [-0.25, -0.2) is 0 Å². The predicted molar refractivity (Wildman–Crippen MR) is 64.0 cm³/mol. The number of phenolic OH excluding ortho intramolecular Hbond substituents is 1. The van der Waals surface area contributed by atoms with Crippen LogP contribution in [0.15, 0.2) is 16.8 Å². The van der Waals surface area contributed by atoms with E-state index >= 15 is 0 Å². The molecule has 0 bridgehead atoms. The fraction of sp³-hybridized carbons (Fsp3) is 0.250. The molecule has 0 aliphatic heterocycles. The average molecular weight is 234 g/mol. The number of nitrogens with zero attached hydrogens (tertiary/aromatic N) is 1. The van der Waals surface area contributed by atoms with Crippen LogP contribution in [-0.4, -0.2) is 17.4 Å². The van der Waals surface area contributed by atoms with Gasteiger partial charge in [-0.3, -0.25) is 0 Å². The van der Waals surface area contributed by atoms with E-state index in [4.69, 9.17) is 15.0 Å². The summed E-state index contributed by atoms with van der Waals surface area (Å²) >= 11 is 0. The molecule has 1 aromatic heterocycles. The van der Waals surface area contributed by atoms with E-state index in [0.29, 0.717) is 16.9 Å². The molecule has 5 heteroatoms. The van der Waals surface area contributed by atoms with E-state index in [2.05, 4.69) is 5.16 Å². The second kappa shape index (κ2) is 4.01. The van der Waals surface area contributed by atoms with Gasteiger partial charge < -0.3 is 20.1 Å². The van der Waals surface area contributed by atoms with Crippen LogP contribution in [0.3, 0.4) is 0 Å². The average Bonchev–Trinajstić information content (AvgIpc) is 2.71. The number of hydrogen-bond acceptors (Lipinski definition) is 5. The first-order valence-electron chi connectivity index (χ1n) is 5.14. The molecule has 0 aliphatic rings. The van der Waals surface area contributed by atoms with Gasteiger partial charge in [0.2, 0.25) is 5.88 Å². The van der Waals surface area contributed by atoms with Gasteiger partial charge in [-0.2, -0.15) is 0 Å². The minimum atomic E-state index is 0.0468. The highest BCUT2D eigenvalue weighted by molar-refractivity contribution is 5.82. The third-order valence-electron chi connectivity index (χ3n) is 2.87. The monoisotopic (exact) mass is 234 g/mol. The number of nitrogen functional groups attached to an aromatic ring is 1. The van der Waals surface area contributed by atoms with Crippen LogP contribution in [0.5, 0.6) is 11.5 Å². The van der Waals surface area contributed by atoms with Gasteiger partial charge in [-0.1, -0.05) is 5.16 Å². The Morgan fingerprint density at radius 2 is 2.12 bits per heavy atom. The first-order valence-corrected chi connectivity index (χ1v) is 5.14. The maximum absolute atomic E-state index is 10.1. The van der Waals surface area contributed by atoms with Crippen molar-refractivity contribution >= 4 is 5.88 Å². The Morgan fingerprint density at radius 1 is 1.41 bits per heavy atom. The van der Waals surface area contributed by atoms with Crippen LogP contribution < -0.4 is 10.5 Å². The lowest BCUT2D eigenvalue weighted by Crippen LogP contribution is -1.94. The standard InChI is InChI=1S/C12H14N2O3/c1-6-4-9(16-3)11(15)10(7(6)2)8-5-14-17-12(8)13/h4-5,15H,13H2,1-3H3. The number of hydrogen-bond donors (Lipinski definition) is 2. The summed E-state index contributed by atoms with van der Waals surface area (Å²) in [6.45, 7) is 3.83. The Morgan fingerprint density at radius 3 is 2.65 bits per heavy atom. The minimum absolute atomic E-state index is 0.0468. The lowest BCUT2D eigenvalue weighted by atomic mass is 9.97. The number of benzene rings is 1. The fourth-order valence-electron chi connectivity index (χ4n) is 1.79. The molecule has 0 fully saturated rings. The number of anilines is 1. The summed E-state index contributed by atoms with van der Waals surface area (Å²) in [6, 6.07) is 1.78. The molecule has 3 N–H and O–H groups in total. The molecule has 0 spiro atoms. The van der Waals surface area contributed by atoms with Crippen molar-refractivity contribution in [2.24, 2.45) is 0 Å². The normalized spacial score (nSPS) is 10.5. The van der Waals surface area contributed by atoms with Gasteiger partial charge >= 0.3 is 0 Å². The van der Waals surface area contributed by atoms with Gasteiger partial charge in [-0.05, 0) is 31.0 Å². The van der Waals surface area contributed by atoms with Gasteiger partial charge in [0.1, 0.15) is 0 Å². The molecule has 0 radical (unpaired) electrons. The Hall–Kier alpha value is -2.17. The van der Waals surface area contributed by atoms with Gasteiger partial charge in [-0.15, -0.1) is 0 Å². The van der Waals surface area contributed by atoms with Crippen molar-refractivity contribution in [1.29, 1.82) is 0 Å². The van der Waals surface area contributed by atoms with E-state index in [1.807, 2.05) is 13.8 Å². The molecule has 0 aliphatic carbocycles. The number of phenols is 1. The van der Waals surface area contributed by atoms with Crippen LogP contribution in [0.2, 0.25) is 0 Å². The second-order valence-electron chi connectivity index (χ2n) is 3.85. The number of aromatic hydroxyl groups is 1. The van der Waals surface area contributed by atoms with Gasteiger partial charge in [0.15, 0.2) is 11.5 Å². The first-order chi connectivity index (χ1) is 8.06. The smallest absolute Gasteiger partial charge is 0.230 e. The van der Waals surface area contributed by atoms with E-state index in [1.165, 1.54) is 13.3 Å². The highest BCUT2D eigenvalue weighted by Gasteiger charge is 2.19. The Bertz CT molecular complexity index is 561. The topological polar surface area (TPSA) is 81.5 Å². The molecule has 90 valence electrons. The zero-order chi connectivity index (χ0) is 12.6. The van der Waals surface area contributed by atoms with E-state index in [0.717, 1.165) is 11.1 Å². The van der Waals surface area contributed by atoms with Crippen molar-refractivity contribution in [2.75, 3.05) is 12.8 Å². The molecule has 2 rings (SSSR count). The fourth-order valence-corrected chi connectivity index (χ4v) is 1.79. The summed E-state index contributed by atoms with van der Waals surface area (Å²) in [4.78, 5) is 0. The largest absolute Gasteiger partial charge is 0.504 e. The zero-order valence-electron chi connectivity index (χ0n) is 9.94. The molecule has 0 atom stereocenters. The molecule has 1 heterocycles. The lowest BCUT2D eigenvalue weighted by molar-refractivity contribution is 0.374. The summed E-state index contributed by atoms with van der Waals surface area (Å²) in [5.74, 6) is 0.630. The van der Waals surface area contributed by atoms with Crippen molar-refractivity contribution in [3.05, 3.63) is 23.4 Å². The van der Waals surface area contributed by atoms with Crippen LogP contribution in [0.25, 0.3) is 11.1 Å². The molecule has 2 aromatic rings. The zero-order valence-corrected chi connectivity index (χ0v) is 9.94. The van der Waals surface area contributed by atoms with Crippen LogP contribution in [0, 0.1) is 13.8 Å². The summed E-state index contributed by atoms with van der Waals surface area (Å²) < 4.78 is 9.94. The molecule has 0 saturated carbocycles. The van der Waals surface area contributed by atoms with E-state index < -0.39 is 0 Å². The molecule has 0 amide bonds. The molecule has 0 saturated heterocycles. The van der Waals surface area contributed by atoms with Crippen LogP contribution in [0.4, 0.5) is 5.88 Å². The second-order valence-corrected chi connectivity index (χ2v) is 3.85. The van der Waals surface area contributed by atoms with E-state index in [1.54, 1.807) is 6.07 Å². The number of aromatic nitrogens is 1. The summed E-state index contributed by atoms with van der Waals surface area (Å²) in [6.07, 6.45) is 1.48. The first kappa shape index (κ1) is 11.3. The molecule has 5 nitrogen and oxygen atoms in total. The van der Waals surface area contributed by atoms with E-state index in [-0.39, 0.29) is 11.6 Å². The maximum Gasteiger partial charge on any atom is 0.230 e. The quantitative estimate of drug-likeness (QED) is 0.832. The predicted octanol–water partition coefficient (Wildman–Crippen LogP) is 2.25. The molecular weight excluding hydrogens is 220 g/mol. The van der Waals surface area contributed by atoms with Crippen molar-refractivity contribution in [3.8, 4) is 22.6 Å². The summed E-state index contributed by atoms with van der Waals surface area (Å²) in [5.41, 5.74) is 8.75. The van der Waals surface area contributed by atoms with Crippen LogP contribution in [-0.2, 0) is 0 Å². The van der Waals surface area contributed by atoms with Crippen molar-refractivity contribution in [2.45, 2.75) is 13.8 Å².